The van der Waals surface area contributed by atoms with Gasteiger partial charge in [0.1, 0.15) is 0 Å². The maximum Gasteiger partial charge on any atom is 0.317 e. The number of azide groups is 1. The van der Waals surface area contributed by atoms with Gasteiger partial charge < -0.3 is 9.84 Å². The van der Waals surface area contributed by atoms with E-state index in [1.54, 1.807) is 12.1 Å². The molecule has 6 heteroatoms. The van der Waals surface area contributed by atoms with Crippen molar-refractivity contribution >= 4 is 16.7 Å². The summed E-state index contributed by atoms with van der Waals surface area (Å²) in [6.07, 6.45) is -1.26. The van der Waals surface area contributed by atoms with E-state index >= 15 is 0 Å². The van der Waals surface area contributed by atoms with Gasteiger partial charge in [-0.2, -0.15) is 0 Å². The van der Waals surface area contributed by atoms with Crippen LogP contribution in [0, 0.1) is 0 Å². The van der Waals surface area contributed by atoms with E-state index in [0.29, 0.717) is 5.56 Å². The van der Waals surface area contributed by atoms with Crippen molar-refractivity contribution in [2.45, 2.75) is 12.1 Å². The van der Waals surface area contributed by atoms with Crippen LogP contribution in [0.1, 0.15) is 11.7 Å². The van der Waals surface area contributed by atoms with Gasteiger partial charge in [-0.1, -0.05) is 47.6 Å². The van der Waals surface area contributed by atoms with Crippen LogP contribution in [0.15, 0.2) is 47.6 Å². The summed E-state index contributed by atoms with van der Waals surface area (Å²) in [5, 5.41) is 15.4. The molecule has 0 aliphatic heterocycles. The Hall–Kier alpha value is -2.56. The summed E-state index contributed by atoms with van der Waals surface area (Å²) in [6, 6.07) is 11.5. The van der Waals surface area contributed by atoms with Crippen molar-refractivity contribution in [1.82, 2.24) is 0 Å². The molecule has 0 saturated carbocycles. The lowest BCUT2D eigenvalue weighted by Crippen LogP contribution is -2.27. The lowest BCUT2D eigenvalue weighted by atomic mass is 9.96. The van der Waals surface area contributed by atoms with Crippen molar-refractivity contribution in [3.63, 3.8) is 0 Å². The summed E-state index contributed by atoms with van der Waals surface area (Å²) < 4.78 is 4.56. The second-order valence-electron chi connectivity index (χ2n) is 4.19. The molecule has 0 radical (unpaired) electrons. The molecule has 0 saturated heterocycles. The number of ether oxygens (including phenoxy) is 1. The van der Waals surface area contributed by atoms with Crippen molar-refractivity contribution in [2.75, 3.05) is 7.11 Å². The Labute approximate surface area is 115 Å². The molecule has 102 valence electrons. The van der Waals surface area contributed by atoms with E-state index in [1.807, 2.05) is 30.3 Å². The first-order valence-electron chi connectivity index (χ1n) is 5.96. The van der Waals surface area contributed by atoms with Gasteiger partial charge in [0, 0.05) is 4.91 Å². The fourth-order valence-corrected chi connectivity index (χ4v) is 2.09. The number of carbonyl (C=O) groups excluding carboxylic acids is 1. The van der Waals surface area contributed by atoms with Crippen molar-refractivity contribution in [3.05, 3.63) is 58.5 Å². The number of hydrogen-bond acceptors (Lipinski definition) is 4. The Morgan fingerprint density at radius 3 is 2.70 bits per heavy atom. The molecule has 0 bridgehead atoms. The maximum absolute atomic E-state index is 11.6. The topological polar surface area (TPSA) is 95.3 Å². The smallest absolute Gasteiger partial charge is 0.317 e. The summed E-state index contributed by atoms with van der Waals surface area (Å²) in [5.74, 6) is -0.775. The van der Waals surface area contributed by atoms with Gasteiger partial charge in [0.25, 0.3) is 0 Å². The molecule has 0 aromatic heterocycles. The average molecular weight is 271 g/mol. The number of esters is 1. The Kier molecular flexibility index (Phi) is 4.20. The highest BCUT2D eigenvalue weighted by molar-refractivity contribution is 5.87. The van der Waals surface area contributed by atoms with Crippen LogP contribution in [0.25, 0.3) is 21.2 Å². The number of nitrogens with zero attached hydrogens (tertiary/aromatic N) is 3. The van der Waals surface area contributed by atoms with Crippen LogP contribution in [-0.4, -0.2) is 24.2 Å². The summed E-state index contributed by atoms with van der Waals surface area (Å²) >= 11 is 0. The zero-order valence-electron chi connectivity index (χ0n) is 10.8. The second-order valence-corrected chi connectivity index (χ2v) is 4.19. The first-order valence-corrected chi connectivity index (χ1v) is 5.96. The third-order valence-electron chi connectivity index (χ3n) is 3.06. The van der Waals surface area contributed by atoms with E-state index in [9.17, 15) is 9.90 Å². The zero-order valence-corrected chi connectivity index (χ0v) is 10.8. The lowest BCUT2D eigenvalue weighted by Gasteiger charge is -2.18. The second kappa shape index (κ2) is 6.06. The zero-order chi connectivity index (χ0) is 14.5. The van der Waals surface area contributed by atoms with E-state index < -0.39 is 18.1 Å². The van der Waals surface area contributed by atoms with Crippen LogP contribution in [0.5, 0.6) is 0 Å². The standard InChI is InChI=1S/C14H13N3O3/c1-20-14(19)12(16-17-15)13(18)11-8-4-6-9-5-2-3-7-10(9)11/h2-8,12-13,18H,1H3. The first-order chi connectivity index (χ1) is 9.69. The van der Waals surface area contributed by atoms with Gasteiger partial charge >= 0.3 is 5.97 Å². The van der Waals surface area contributed by atoms with Gasteiger partial charge in [-0.05, 0) is 21.9 Å². The van der Waals surface area contributed by atoms with E-state index in [4.69, 9.17) is 5.53 Å². The predicted molar refractivity (Wildman–Crippen MR) is 73.9 cm³/mol. The molecule has 2 rings (SSSR count). The molecule has 6 nitrogen and oxygen atoms in total. The number of rotatable bonds is 4. The molecular formula is C14H13N3O3. The molecular weight excluding hydrogens is 258 g/mol. The lowest BCUT2D eigenvalue weighted by molar-refractivity contribution is -0.144. The summed E-state index contributed by atoms with van der Waals surface area (Å²) in [5.41, 5.74) is 9.05. The van der Waals surface area contributed by atoms with Crippen molar-refractivity contribution in [1.29, 1.82) is 0 Å². The Morgan fingerprint density at radius 2 is 2.00 bits per heavy atom. The number of carbonyl (C=O) groups is 1. The van der Waals surface area contributed by atoms with E-state index in [1.165, 1.54) is 7.11 Å². The third-order valence-corrected chi connectivity index (χ3v) is 3.06. The Morgan fingerprint density at radius 1 is 1.30 bits per heavy atom. The number of fused-ring (bicyclic) bond motifs is 1. The van der Waals surface area contributed by atoms with Crippen molar-refractivity contribution in [2.24, 2.45) is 5.11 Å². The maximum atomic E-state index is 11.6. The molecule has 2 aromatic carbocycles. The SMILES string of the molecule is COC(=O)C(N=[N+]=[N-])C(O)c1cccc2ccccc12. The van der Waals surface area contributed by atoms with Crippen LogP contribution in [0.2, 0.25) is 0 Å². The summed E-state index contributed by atoms with van der Waals surface area (Å²) in [4.78, 5) is 14.2. The van der Waals surface area contributed by atoms with E-state index in [-0.39, 0.29) is 0 Å². The summed E-state index contributed by atoms with van der Waals surface area (Å²) in [7, 11) is 1.18. The van der Waals surface area contributed by atoms with Crippen LogP contribution in [0.4, 0.5) is 0 Å². The molecule has 0 aliphatic carbocycles. The monoisotopic (exact) mass is 271 g/mol. The number of hydrogen-bond donors (Lipinski definition) is 1. The molecule has 0 aliphatic rings. The van der Waals surface area contributed by atoms with E-state index in [2.05, 4.69) is 14.8 Å². The first kappa shape index (κ1) is 13.9. The van der Waals surface area contributed by atoms with Gasteiger partial charge in [-0.25, -0.2) is 0 Å². The minimum atomic E-state index is -1.31. The highest BCUT2D eigenvalue weighted by Crippen LogP contribution is 2.28. The molecule has 0 fully saturated rings. The highest BCUT2D eigenvalue weighted by Gasteiger charge is 2.28. The summed E-state index contributed by atoms with van der Waals surface area (Å²) in [6.45, 7) is 0. The van der Waals surface area contributed by atoms with Gasteiger partial charge in [-0.15, -0.1) is 0 Å². The quantitative estimate of drug-likeness (QED) is 0.401. The molecule has 0 spiro atoms. The minimum Gasteiger partial charge on any atom is -0.469 e. The van der Waals surface area contributed by atoms with Gasteiger partial charge in [0.05, 0.1) is 13.2 Å². The number of aliphatic hydroxyl groups is 1. The van der Waals surface area contributed by atoms with Crippen LogP contribution >= 0.6 is 0 Å². The highest BCUT2D eigenvalue weighted by atomic mass is 16.5. The normalized spacial score (nSPS) is 13.3. The molecule has 20 heavy (non-hydrogen) atoms. The van der Waals surface area contributed by atoms with Crippen LogP contribution in [0.3, 0.4) is 0 Å². The van der Waals surface area contributed by atoms with Gasteiger partial charge in [0.15, 0.2) is 6.04 Å². The van der Waals surface area contributed by atoms with Crippen molar-refractivity contribution in [3.8, 4) is 0 Å². The number of aliphatic hydroxyl groups excluding tert-OH is 1. The Balaban J connectivity index is 2.51. The van der Waals surface area contributed by atoms with Crippen LogP contribution in [-0.2, 0) is 9.53 Å². The number of benzene rings is 2. The molecule has 0 heterocycles. The molecule has 2 unspecified atom stereocenters. The number of methoxy groups -OCH3 is 1. The van der Waals surface area contributed by atoms with Gasteiger partial charge in [-0.3, -0.25) is 4.79 Å². The van der Waals surface area contributed by atoms with E-state index in [0.717, 1.165) is 10.8 Å². The molecule has 0 amide bonds. The molecule has 2 aromatic rings. The average Bonchev–Trinajstić information content (AvgIpc) is 2.50. The Bertz CT molecular complexity index is 675. The fourth-order valence-electron chi connectivity index (χ4n) is 2.09. The van der Waals surface area contributed by atoms with Gasteiger partial charge in [0.2, 0.25) is 0 Å². The predicted octanol–water partition coefficient (Wildman–Crippen LogP) is 2.73. The largest absolute Gasteiger partial charge is 0.469 e. The minimum absolute atomic E-state index is 0.519. The van der Waals surface area contributed by atoms with Crippen molar-refractivity contribution < 1.29 is 14.6 Å². The molecule has 2 atom stereocenters. The fraction of sp³-hybridized carbons (Fsp3) is 0.214. The third kappa shape index (κ3) is 2.56. The molecule has 1 N–H and O–H groups in total. The van der Waals surface area contributed by atoms with Crippen LogP contribution < -0.4 is 0 Å².